The van der Waals surface area contributed by atoms with E-state index in [1.54, 1.807) is 7.11 Å². The number of methoxy groups -OCH3 is 1. The third-order valence-electron chi connectivity index (χ3n) is 5.81. The van der Waals surface area contributed by atoms with Gasteiger partial charge < -0.3 is 19.6 Å². The molecule has 0 bridgehead atoms. The summed E-state index contributed by atoms with van der Waals surface area (Å²) < 4.78 is 7.36. The first kappa shape index (κ1) is 23.7. The summed E-state index contributed by atoms with van der Waals surface area (Å²) in [5, 5.41) is 3.59. The lowest BCUT2D eigenvalue weighted by Gasteiger charge is -2.20. The summed E-state index contributed by atoms with van der Waals surface area (Å²) in [5.74, 6) is 0.165. The van der Waals surface area contributed by atoms with Crippen LogP contribution in [0.15, 0.2) is 59.4 Å². The molecule has 8 heteroatoms. The molecule has 0 unspecified atom stereocenters. The third-order valence-corrected chi connectivity index (χ3v) is 6.05. The van der Waals surface area contributed by atoms with Gasteiger partial charge in [-0.2, -0.15) is 0 Å². The van der Waals surface area contributed by atoms with Crippen LogP contribution in [0.1, 0.15) is 46.1 Å². The number of aryl methyl sites for hydroxylation is 2. The molecule has 1 amide bonds. The quantitative estimate of drug-likeness (QED) is 0.388. The molecule has 0 aliphatic rings. The van der Waals surface area contributed by atoms with E-state index >= 15 is 0 Å². The van der Waals surface area contributed by atoms with Gasteiger partial charge in [-0.3, -0.25) is 9.59 Å². The van der Waals surface area contributed by atoms with E-state index in [-0.39, 0.29) is 17.6 Å². The average Bonchev–Trinajstić information content (AvgIpc) is 3.23. The van der Waals surface area contributed by atoms with Crippen molar-refractivity contribution in [2.75, 3.05) is 7.11 Å². The first-order chi connectivity index (χ1) is 16.4. The number of H-pyrrole nitrogens is 1. The number of hydrogen-bond donors (Lipinski definition) is 2. The first-order valence-corrected chi connectivity index (χ1v) is 11.5. The molecule has 0 saturated carbocycles. The summed E-state index contributed by atoms with van der Waals surface area (Å²) in [7, 11) is 1.55. The maximum absolute atomic E-state index is 13.3. The molecular weight excluding hydrogens is 452 g/mol. The highest BCUT2D eigenvalue weighted by Gasteiger charge is 2.23. The van der Waals surface area contributed by atoms with Crippen LogP contribution in [0.5, 0.6) is 0 Å². The van der Waals surface area contributed by atoms with Crippen molar-refractivity contribution < 1.29 is 9.53 Å². The number of aromatic amines is 1. The number of carbonyl (C=O) groups excluding carboxylic acids is 1. The summed E-state index contributed by atoms with van der Waals surface area (Å²) in [6.07, 6.45) is 0.692. The molecule has 1 atom stereocenters. The minimum absolute atomic E-state index is 0.0847. The Morgan fingerprint density at radius 3 is 2.74 bits per heavy atom. The van der Waals surface area contributed by atoms with Crippen molar-refractivity contribution in [3.05, 3.63) is 98.2 Å². The molecule has 0 aliphatic carbocycles. The van der Waals surface area contributed by atoms with Crippen molar-refractivity contribution in [3.63, 3.8) is 0 Å². The van der Waals surface area contributed by atoms with Gasteiger partial charge in [-0.05, 0) is 50.1 Å². The second-order valence-electron chi connectivity index (χ2n) is 8.27. The number of benzene rings is 2. The van der Waals surface area contributed by atoms with E-state index in [1.807, 2.05) is 66.9 Å². The molecule has 2 heterocycles. The van der Waals surface area contributed by atoms with Crippen molar-refractivity contribution in [1.29, 1.82) is 0 Å². The van der Waals surface area contributed by atoms with Gasteiger partial charge in [0.15, 0.2) is 5.43 Å². The van der Waals surface area contributed by atoms with Gasteiger partial charge in [0.2, 0.25) is 0 Å². The number of pyridine rings is 1. The summed E-state index contributed by atoms with van der Waals surface area (Å²) in [4.78, 5) is 34.0. The molecule has 34 heavy (non-hydrogen) atoms. The molecule has 0 fully saturated rings. The van der Waals surface area contributed by atoms with Gasteiger partial charge in [-0.25, -0.2) is 4.98 Å². The Balaban J connectivity index is 1.63. The number of nitrogens with one attached hydrogen (secondary N) is 2. The van der Waals surface area contributed by atoms with Crippen LogP contribution in [0.4, 0.5) is 0 Å². The number of amides is 1. The zero-order valence-electron chi connectivity index (χ0n) is 19.4. The Morgan fingerprint density at radius 1 is 1.21 bits per heavy atom. The van der Waals surface area contributed by atoms with Crippen molar-refractivity contribution >= 4 is 28.5 Å². The molecule has 2 N–H and O–H groups in total. The summed E-state index contributed by atoms with van der Waals surface area (Å²) >= 11 is 6.12. The van der Waals surface area contributed by atoms with Crippen molar-refractivity contribution in [2.45, 2.75) is 39.5 Å². The number of carbonyl (C=O) groups is 1. The van der Waals surface area contributed by atoms with Crippen LogP contribution in [0, 0.1) is 6.92 Å². The van der Waals surface area contributed by atoms with Crippen molar-refractivity contribution in [2.24, 2.45) is 0 Å². The lowest BCUT2D eigenvalue weighted by Crippen LogP contribution is -2.35. The monoisotopic (exact) mass is 478 g/mol. The summed E-state index contributed by atoms with van der Waals surface area (Å²) in [5.41, 5.74) is 3.83. The molecule has 0 radical (unpaired) electrons. The topological polar surface area (TPSA) is 89.0 Å². The minimum Gasteiger partial charge on any atom is -0.378 e. The van der Waals surface area contributed by atoms with Crippen LogP contribution in [-0.2, 0) is 24.3 Å². The minimum atomic E-state index is -0.457. The van der Waals surface area contributed by atoms with Gasteiger partial charge in [-0.15, -0.1) is 0 Å². The Bertz CT molecular complexity index is 1360. The highest BCUT2D eigenvalue weighted by Crippen LogP contribution is 2.18. The number of imidazole rings is 1. The second-order valence-corrected chi connectivity index (χ2v) is 8.71. The largest absolute Gasteiger partial charge is 0.378 e. The molecule has 4 aromatic rings. The maximum Gasteiger partial charge on any atom is 0.257 e. The molecule has 0 aliphatic heterocycles. The average molecular weight is 479 g/mol. The predicted octanol–water partition coefficient (Wildman–Crippen LogP) is 4.57. The number of halogens is 1. The SMILES string of the molecule is COCc1c(C(=O)N[C@@H](C)c2nc3ccccc3[nH]2)c(=O)cc(C)n1CCc1cccc(Cl)c1. The predicted molar refractivity (Wildman–Crippen MR) is 133 cm³/mol. The normalized spacial score (nSPS) is 12.1. The Kier molecular flexibility index (Phi) is 7.14. The molecule has 0 saturated heterocycles. The number of rotatable bonds is 8. The fourth-order valence-corrected chi connectivity index (χ4v) is 4.33. The maximum atomic E-state index is 13.3. The second kappa shape index (κ2) is 10.2. The molecular formula is C26H27ClN4O3. The first-order valence-electron chi connectivity index (χ1n) is 11.1. The van der Waals surface area contributed by atoms with Gasteiger partial charge >= 0.3 is 0 Å². The zero-order valence-corrected chi connectivity index (χ0v) is 20.1. The van der Waals surface area contributed by atoms with Crippen LogP contribution in [0.25, 0.3) is 11.0 Å². The van der Waals surface area contributed by atoms with E-state index in [2.05, 4.69) is 15.3 Å². The number of fused-ring (bicyclic) bond motifs is 1. The van der Waals surface area contributed by atoms with E-state index in [0.29, 0.717) is 29.5 Å². The molecule has 0 spiro atoms. The van der Waals surface area contributed by atoms with E-state index in [1.165, 1.54) is 6.07 Å². The fraction of sp³-hybridized carbons (Fsp3) is 0.269. The van der Waals surface area contributed by atoms with Crippen molar-refractivity contribution in [3.8, 4) is 0 Å². The van der Waals surface area contributed by atoms with E-state index in [9.17, 15) is 9.59 Å². The van der Waals surface area contributed by atoms with Gasteiger partial charge in [0.25, 0.3) is 5.91 Å². The number of hydrogen-bond acceptors (Lipinski definition) is 4. The van der Waals surface area contributed by atoms with Gasteiger partial charge in [0.05, 0.1) is 29.4 Å². The van der Waals surface area contributed by atoms with Crippen LogP contribution in [0.2, 0.25) is 5.02 Å². The van der Waals surface area contributed by atoms with Crippen molar-refractivity contribution in [1.82, 2.24) is 19.9 Å². The molecule has 7 nitrogen and oxygen atoms in total. The Labute approximate surface area is 202 Å². The van der Waals surface area contributed by atoms with Gasteiger partial charge in [0.1, 0.15) is 11.4 Å². The Hall–Kier alpha value is -3.42. The summed E-state index contributed by atoms with van der Waals surface area (Å²) in [6, 6.07) is 16.4. The standard InChI is InChI=1S/C26H27ClN4O3/c1-16-13-23(32)24(22(15-34-3)31(16)12-11-18-7-6-8-19(27)14-18)26(33)28-17(2)25-29-20-9-4-5-10-21(20)30-25/h4-10,13-14,17H,11-12,15H2,1-3H3,(H,28,33)(H,29,30)/t17-/m0/s1. The highest BCUT2D eigenvalue weighted by molar-refractivity contribution is 6.30. The third kappa shape index (κ3) is 5.05. The summed E-state index contributed by atoms with van der Waals surface area (Å²) in [6.45, 7) is 4.40. The zero-order chi connectivity index (χ0) is 24.2. The molecule has 2 aromatic carbocycles. The number of ether oxygens (including phenoxy) is 1. The lowest BCUT2D eigenvalue weighted by molar-refractivity contribution is 0.0929. The van der Waals surface area contributed by atoms with Crippen LogP contribution < -0.4 is 10.7 Å². The van der Waals surface area contributed by atoms with E-state index < -0.39 is 11.9 Å². The van der Waals surface area contributed by atoms with Crippen LogP contribution >= 0.6 is 11.6 Å². The Morgan fingerprint density at radius 2 is 2.00 bits per heavy atom. The molecule has 4 rings (SSSR count). The molecule has 2 aromatic heterocycles. The number of nitrogens with zero attached hydrogens (tertiary/aromatic N) is 2. The smallest absolute Gasteiger partial charge is 0.257 e. The van der Waals surface area contributed by atoms with Crippen LogP contribution in [-0.4, -0.2) is 27.6 Å². The lowest BCUT2D eigenvalue weighted by atomic mass is 10.1. The number of aromatic nitrogens is 3. The van der Waals surface area contributed by atoms with Crippen LogP contribution in [0.3, 0.4) is 0 Å². The van der Waals surface area contributed by atoms with Gasteiger partial charge in [0, 0.05) is 30.4 Å². The molecule has 176 valence electrons. The van der Waals surface area contributed by atoms with Gasteiger partial charge in [-0.1, -0.05) is 35.9 Å². The highest BCUT2D eigenvalue weighted by atomic mass is 35.5. The van der Waals surface area contributed by atoms with E-state index in [0.717, 1.165) is 22.3 Å². The fourth-order valence-electron chi connectivity index (χ4n) is 4.12. The number of para-hydroxylation sites is 2. The van der Waals surface area contributed by atoms with E-state index in [4.69, 9.17) is 16.3 Å².